The Morgan fingerprint density at radius 1 is 1.21 bits per heavy atom. The van der Waals surface area contributed by atoms with E-state index >= 15 is 0 Å². The Hall–Kier alpha value is -0.120. The second-order valence-corrected chi connectivity index (χ2v) is 3.75. The van der Waals surface area contributed by atoms with Crippen molar-refractivity contribution in [1.29, 1.82) is 0 Å². The molecule has 86 valence electrons. The highest BCUT2D eigenvalue weighted by Gasteiger charge is 1.99. The van der Waals surface area contributed by atoms with E-state index in [9.17, 15) is 0 Å². The number of rotatable bonds is 9. The molecule has 0 aromatic heterocycles. The summed E-state index contributed by atoms with van der Waals surface area (Å²) in [4.78, 5) is 2.45. The molecule has 0 saturated heterocycles. The average Bonchev–Trinajstić information content (AvgIpc) is 2.23. The van der Waals surface area contributed by atoms with Crippen LogP contribution >= 0.6 is 0 Å². The minimum absolute atomic E-state index is 0.323. The molecule has 3 nitrogen and oxygen atoms in total. The van der Waals surface area contributed by atoms with E-state index in [1.807, 2.05) is 0 Å². The molecule has 0 radical (unpaired) electrons. The largest absolute Gasteiger partial charge is 0.327 e. The van der Waals surface area contributed by atoms with E-state index in [-0.39, 0.29) is 0 Å². The Morgan fingerprint density at radius 2 is 1.86 bits per heavy atom. The van der Waals surface area contributed by atoms with Crippen molar-refractivity contribution < 1.29 is 0 Å². The van der Waals surface area contributed by atoms with Crippen molar-refractivity contribution in [2.45, 2.75) is 39.7 Å². The first-order valence-electron chi connectivity index (χ1n) is 5.93. The van der Waals surface area contributed by atoms with Gasteiger partial charge >= 0.3 is 0 Å². The van der Waals surface area contributed by atoms with E-state index in [0.717, 1.165) is 32.6 Å². The van der Waals surface area contributed by atoms with E-state index in [4.69, 9.17) is 5.73 Å². The number of hydrogen-bond donors (Lipinski definition) is 2. The molecule has 14 heavy (non-hydrogen) atoms. The molecule has 0 aliphatic heterocycles. The van der Waals surface area contributed by atoms with Gasteiger partial charge in [-0.3, -0.25) is 0 Å². The minimum Gasteiger partial charge on any atom is -0.327 e. The maximum Gasteiger partial charge on any atom is 0.0162 e. The number of nitrogens with two attached hydrogens (primary N) is 1. The van der Waals surface area contributed by atoms with Crippen LogP contribution < -0.4 is 11.1 Å². The highest BCUT2D eigenvalue weighted by Crippen LogP contribution is 1.89. The van der Waals surface area contributed by atoms with Gasteiger partial charge in [0.1, 0.15) is 0 Å². The van der Waals surface area contributed by atoms with E-state index in [1.54, 1.807) is 0 Å². The van der Waals surface area contributed by atoms with Crippen molar-refractivity contribution in [3.8, 4) is 0 Å². The van der Waals surface area contributed by atoms with Crippen LogP contribution in [0.15, 0.2) is 0 Å². The monoisotopic (exact) mass is 201 g/mol. The molecule has 0 aliphatic rings. The maximum atomic E-state index is 5.79. The fourth-order valence-electron chi connectivity index (χ4n) is 1.40. The van der Waals surface area contributed by atoms with Crippen molar-refractivity contribution in [2.75, 3.05) is 32.7 Å². The van der Waals surface area contributed by atoms with E-state index < -0.39 is 0 Å². The molecule has 3 heteroatoms. The van der Waals surface area contributed by atoms with Gasteiger partial charge in [-0.1, -0.05) is 20.8 Å². The number of nitrogens with zero attached hydrogens (tertiary/aromatic N) is 1. The molecule has 0 fully saturated rings. The molecule has 3 N–H and O–H groups in total. The Bertz CT molecular complexity index is 113. The zero-order valence-corrected chi connectivity index (χ0v) is 10.1. The lowest BCUT2D eigenvalue weighted by molar-refractivity contribution is 0.297. The van der Waals surface area contributed by atoms with Gasteiger partial charge in [0, 0.05) is 12.6 Å². The van der Waals surface area contributed by atoms with Crippen molar-refractivity contribution in [3.63, 3.8) is 0 Å². The van der Waals surface area contributed by atoms with Gasteiger partial charge in [-0.05, 0) is 39.0 Å². The summed E-state index contributed by atoms with van der Waals surface area (Å²) in [7, 11) is 0. The first-order chi connectivity index (χ1) is 6.74. The van der Waals surface area contributed by atoms with Gasteiger partial charge < -0.3 is 16.0 Å². The van der Waals surface area contributed by atoms with Gasteiger partial charge in [-0.15, -0.1) is 0 Å². The van der Waals surface area contributed by atoms with Gasteiger partial charge in [0.25, 0.3) is 0 Å². The normalized spacial score (nSPS) is 13.5. The standard InChI is InChI=1S/C11H27N3/c1-4-11(12)10-13-8-7-9-14(5-2)6-3/h11,13H,4-10,12H2,1-3H3. The predicted octanol–water partition coefficient (Wildman–Crippen LogP) is 1.05. The second kappa shape index (κ2) is 9.44. The molecule has 0 saturated carbocycles. The molecule has 1 unspecified atom stereocenters. The third-order valence-corrected chi connectivity index (χ3v) is 2.65. The van der Waals surface area contributed by atoms with Crippen LogP contribution in [-0.2, 0) is 0 Å². The smallest absolute Gasteiger partial charge is 0.0162 e. The molecule has 0 heterocycles. The molecule has 0 rings (SSSR count). The molecule has 0 amide bonds. The summed E-state index contributed by atoms with van der Waals surface area (Å²) in [6.45, 7) is 12.1. The predicted molar refractivity (Wildman–Crippen MR) is 63.5 cm³/mol. The third-order valence-electron chi connectivity index (χ3n) is 2.65. The number of nitrogens with one attached hydrogen (secondary N) is 1. The minimum atomic E-state index is 0.323. The summed E-state index contributed by atoms with van der Waals surface area (Å²) in [5, 5.41) is 3.39. The molecule has 1 atom stereocenters. The van der Waals surface area contributed by atoms with Crippen LogP contribution in [0.4, 0.5) is 0 Å². The summed E-state index contributed by atoms with van der Waals surface area (Å²) >= 11 is 0. The van der Waals surface area contributed by atoms with E-state index in [0.29, 0.717) is 6.04 Å². The Morgan fingerprint density at radius 3 is 2.36 bits per heavy atom. The van der Waals surface area contributed by atoms with E-state index in [2.05, 4.69) is 31.0 Å². The van der Waals surface area contributed by atoms with Crippen LogP contribution in [0.2, 0.25) is 0 Å². The second-order valence-electron chi connectivity index (χ2n) is 3.75. The van der Waals surface area contributed by atoms with Crippen LogP contribution in [0.3, 0.4) is 0 Å². The molecular weight excluding hydrogens is 174 g/mol. The Balaban J connectivity index is 3.20. The van der Waals surface area contributed by atoms with Gasteiger partial charge in [-0.25, -0.2) is 0 Å². The van der Waals surface area contributed by atoms with Crippen LogP contribution in [0.25, 0.3) is 0 Å². The van der Waals surface area contributed by atoms with Crippen LogP contribution in [0, 0.1) is 0 Å². The van der Waals surface area contributed by atoms with Crippen LogP contribution in [0.5, 0.6) is 0 Å². The van der Waals surface area contributed by atoms with Gasteiger partial charge in [0.05, 0.1) is 0 Å². The molecular formula is C11H27N3. The first kappa shape index (κ1) is 13.9. The zero-order chi connectivity index (χ0) is 10.8. The zero-order valence-electron chi connectivity index (χ0n) is 10.1. The average molecular weight is 201 g/mol. The molecule has 0 aliphatic carbocycles. The van der Waals surface area contributed by atoms with Crippen molar-refractivity contribution >= 4 is 0 Å². The quantitative estimate of drug-likeness (QED) is 0.548. The van der Waals surface area contributed by atoms with Crippen LogP contribution in [0.1, 0.15) is 33.6 Å². The third kappa shape index (κ3) is 7.30. The van der Waals surface area contributed by atoms with E-state index in [1.165, 1.54) is 13.0 Å². The van der Waals surface area contributed by atoms with Crippen LogP contribution in [-0.4, -0.2) is 43.7 Å². The first-order valence-corrected chi connectivity index (χ1v) is 5.93. The highest BCUT2D eigenvalue weighted by atomic mass is 15.1. The topological polar surface area (TPSA) is 41.3 Å². The summed E-state index contributed by atoms with van der Waals surface area (Å²) in [5.74, 6) is 0. The summed E-state index contributed by atoms with van der Waals surface area (Å²) in [6, 6.07) is 0.323. The fraction of sp³-hybridized carbons (Fsp3) is 1.00. The molecule has 0 aromatic rings. The van der Waals surface area contributed by atoms with Crippen molar-refractivity contribution in [1.82, 2.24) is 10.2 Å². The van der Waals surface area contributed by atoms with Crippen molar-refractivity contribution in [2.24, 2.45) is 5.73 Å². The number of hydrogen-bond acceptors (Lipinski definition) is 3. The van der Waals surface area contributed by atoms with Gasteiger partial charge in [-0.2, -0.15) is 0 Å². The maximum absolute atomic E-state index is 5.79. The molecule has 0 spiro atoms. The Kier molecular flexibility index (Phi) is 9.35. The fourth-order valence-corrected chi connectivity index (χ4v) is 1.40. The summed E-state index contributed by atoms with van der Waals surface area (Å²) in [5.41, 5.74) is 5.79. The van der Waals surface area contributed by atoms with Gasteiger partial charge in [0.15, 0.2) is 0 Å². The molecule has 0 bridgehead atoms. The summed E-state index contributed by atoms with van der Waals surface area (Å²) < 4.78 is 0. The SMILES string of the molecule is CCC(N)CNCCCN(CC)CC. The van der Waals surface area contributed by atoms with Gasteiger partial charge in [0.2, 0.25) is 0 Å². The lowest BCUT2D eigenvalue weighted by Crippen LogP contribution is -2.35. The van der Waals surface area contributed by atoms with Crippen molar-refractivity contribution in [3.05, 3.63) is 0 Å². The molecule has 0 aromatic carbocycles. The lowest BCUT2D eigenvalue weighted by atomic mass is 10.2. The highest BCUT2D eigenvalue weighted by molar-refractivity contribution is 4.62. The lowest BCUT2D eigenvalue weighted by Gasteiger charge is -2.18. The Labute approximate surface area is 89.0 Å². The summed E-state index contributed by atoms with van der Waals surface area (Å²) in [6.07, 6.45) is 2.28.